The number of imidazole rings is 1. The van der Waals surface area contributed by atoms with Crippen LogP contribution in [0.3, 0.4) is 0 Å². The number of aromatic nitrogens is 6. The normalized spacial score (nSPS) is 13.7. The number of hydrogen-bond donors (Lipinski definition) is 1. The van der Waals surface area contributed by atoms with Gasteiger partial charge < -0.3 is 10.6 Å². The summed E-state index contributed by atoms with van der Waals surface area (Å²) in [5.41, 5.74) is 12.6. The first-order chi connectivity index (χ1) is 21.2. The van der Waals surface area contributed by atoms with Gasteiger partial charge in [-0.15, -0.1) is 0 Å². The van der Waals surface area contributed by atoms with Crippen LogP contribution in [0, 0.1) is 11.3 Å². The molecule has 210 valence electrons. The van der Waals surface area contributed by atoms with E-state index in [2.05, 4.69) is 55.1 Å². The third-order valence-electron chi connectivity index (χ3n) is 7.72. The molecule has 0 atom stereocenters. The maximum absolute atomic E-state index is 9.69. The largest absolute Gasteiger partial charge is 0.383 e. The van der Waals surface area contributed by atoms with Gasteiger partial charge in [0.2, 0.25) is 5.95 Å². The summed E-state index contributed by atoms with van der Waals surface area (Å²) < 4.78 is 2.02. The van der Waals surface area contributed by atoms with Crippen LogP contribution in [0.2, 0.25) is 0 Å². The van der Waals surface area contributed by atoms with Gasteiger partial charge in [-0.3, -0.25) is 9.47 Å². The van der Waals surface area contributed by atoms with Gasteiger partial charge in [0.05, 0.1) is 22.9 Å². The van der Waals surface area contributed by atoms with Crippen LogP contribution in [0.5, 0.6) is 0 Å². The summed E-state index contributed by atoms with van der Waals surface area (Å²) in [6, 6.07) is 27.7. The van der Waals surface area contributed by atoms with E-state index >= 15 is 0 Å². The molecule has 0 aliphatic carbocycles. The Morgan fingerprint density at radius 3 is 2.26 bits per heavy atom. The van der Waals surface area contributed by atoms with E-state index in [4.69, 9.17) is 15.7 Å². The van der Waals surface area contributed by atoms with Crippen molar-refractivity contribution in [3.05, 3.63) is 109 Å². The Morgan fingerprint density at radius 1 is 0.744 bits per heavy atom. The Bertz CT molecular complexity index is 1940. The topological polar surface area (TPSA) is 126 Å². The maximum Gasteiger partial charge on any atom is 0.225 e. The molecule has 1 aliphatic heterocycles. The Balaban J connectivity index is 1.22. The molecule has 2 N–H and O–H groups in total. The van der Waals surface area contributed by atoms with Crippen molar-refractivity contribution in [3.8, 4) is 34.4 Å². The lowest BCUT2D eigenvalue weighted by Crippen LogP contribution is -2.46. The van der Waals surface area contributed by atoms with E-state index in [0.29, 0.717) is 28.5 Å². The molecule has 43 heavy (non-hydrogen) atoms. The van der Waals surface area contributed by atoms with Gasteiger partial charge in [-0.05, 0) is 54.1 Å². The number of fused-ring (bicyclic) bond motifs is 1. The molecule has 0 amide bonds. The monoisotopic (exact) mass is 564 g/mol. The van der Waals surface area contributed by atoms with Crippen molar-refractivity contribution in [1.82, 2.24) is 34.4 Å². The van der Waals surface area contributed by atoms with Crippen molar-refractivity contribution in [3.63, 3.8) is 0 Å². The van der Waals surface area contributed by atoms with Gasteiger partial charge in [0, 0.05) is 62.6 Å². The fourth-order valence-corrected chi connectivity index (χ4v) is 5.51. The van der Waals surface area contributed by atoms with E-state index < -0.39 is 0 Å². The molecular formula is C33H28N10. The highest BCUT2D eigenvalue weighted by Gasteiger charge is 2.21. The summed E-state index contributed by atoms with van der Waals surface area (Å²) in [6.07, 6.45) is 5.24. The number of nitrogens with zero attached hydrogens (tertiary/aromatic N) is 9. The first-order valence-corrected chi connectivity index (χ1v) is 14.1. The molecule has 1 aliphatic rings. The second-order valence-corrected chi connectivity index (χ2v) is 10.4. The lowest BCUT2D eigenvalue weighted by atomic mass is 10.1. The minimum absolute atomic E-state index is 0.394. The van der Waals surface area contributed by atoms with Crippen molar-refractivity contribution in [2.24, 2.45) is 0 Å². The molecule has 2 aromatic carbocycles. The van der Waals surface area contributed by atoms with E-state index in [9.17, 15) is 5.26 Å². The van der Waals surface area contributed by atoms with Crippen LogP contribution in [0.1, 0.15) is 11.1 Å². The summed E-state index contributed by atoms with van der Waals surface area (Å²) in [6.45, 7) is 4.51. The molecule has 0 radical (unpaired) electrons. The number of nitrogens with two attached hydrogens (primary N) is 1. The highest BCUT2D eigenvalue weighted by atomic mass is 15.3. The molecule has 7 rings (SSSR count). The number of nitrogen functional groups attached to an aromatic ring is 1. The van der Waals surface area contributed by atoms with Crippen molar-refractivity contribution >= 4 is 22.9 Å². The number of hydrogen-bond acceptors (Lipinski definition) is 9. The van der Waals surface area contributed by atoms with Crippen LogP contribution in [0.4, 0.5) is 11.8 Å². The molecule has 4 aromatic heterocycles. The Kier molecular flexibility index (Phi) is 6.91. The van der Waals surface area contributed by atoms with E-state index in [1.165, 1.54) is 5.56 Å². The Labute approximate surface area is 248 Å². The van der Waals surface area contributed by atoms with Crippen LogP contribution in [-0.4, -0.2) is 60.6 Å². The number of benzene rings is 2. The lowest BCUT2D eigenvalue weighted by molar-refractivity contribution is 0.248. The van der Waals surface area contributed by atoms with E-state index in [1.807, 2.05) is 53.1 Å². The van der Waals surface area contributed by atoms with Gasteiger partial charge in [-0.1, -0.05) is 30.3 Å². The van der Waals surface area contributed by atoms with Crippen molar-refractivity contribution in [2.75, 3.05) is 36.8 Å². The van der Waals surface area contributed by atoms with Gasteiger partial charge in [-0.25, -0.2) is 24.9 Å². The van der Waals surface area contributed by atoms with E-state index in [0.717, 1.165) is 61.0 Å². The second-order valence-electron chi connectivity index (χ2n) is 10.4. The van der Waals surface area contributed by atoms with Gasteiger partial charge in [0.1, 0.15) is 11.3 Å². The zero-order valence-electron chi connectivity index (χ0n) is 23.4. The Hall–Kier alpha value is -5.66. The van der Waals surface area contributed by atoms with Crippen LogP contribution >= 0.6 is 0 Å². The van der Waals surface area contributed by atoms with Crippen LogP contribution < -0.4 is 10.6 Å². The van der Waals surface area contributed by atoms with Gasteiger partial charge in [-0.2, -0.15) is 5.26 Å². The average Bonchev–Trinajstić information content (AvgIpc) is 3.44. The molecule has 5 heterocycles. The molecule has 0 unspecified atom stereocenters. The van der Waals surface area contributed by atoms with Crippen LogP contribution in [0.25, 0.3) is 39.5 Å². The zero-order chi connectivity index (χ0) is 29.2. The second kappa shape index (κ2) is 11.3. The summed E-state index contributed by atoms with van der Waals surface area (Å²) >= 11 is 0. The van der Waals surface area contributed by atoms with Gasteiger partial charge in [0.15, 0.2) is 11.5 Å². The molecule has 10 nitrogen and oxygen atoms in total. The molecule has 10 heteroatoms. The number of rotatable bonds is 6. The number of piperazine rings is 1. The van der Waals surface area contributed by atoms with Crippen LogP contribution in [0.15, 0.2) is 97.5 Å². The first-order valence-electron chi connectivity index (χ1n) is 14.1. The molecule has 1 fully saturated rings. The zero-order valence-corrected chi connectivity index (χ0v) is 23.4. The Morgan fingerprint density at radius 2 is 1.49 bits per heavy atom. The van der Waals surface area contributed by atoms with Crippen molar-refractivity contribution in [1.29, 1.82) is 5.26 Å². The maximum atomic E-state index is 9.69. The molecule has 6 aromatic rings. The third-order valence-corrected chi connectivity index (χ3v) is 7.72. The minimum Gasteiger partial charge on any atom is -0.383 e. The predicted octanol–water partition coefficient (Wildman–Crippen LogP) is 4.72. The SMILES string of the molecule is N#Cc1ccccc1-c1ccc2nc(-c3cccnc3N)n(-c3ccc(CN4CCN(c5ncccn5)CC4)cc3)c2n1. The lowest BCUT2D eigenvalue weighted by Gasteiger charge is -2.34. The number of anilines is 2. The van der Waals surface area contributed by atoms with Crippen molar-refractivity contribution < 1.29 is 0 Å². The quantitative estimate of drug-likeness (QED) is 0.306. The predicted molar refractivity (Wildman–Crippen MR) is 166 cm³/mol. The first kappa shape index (κ1) is 26.3. The van der Waals surface area contributed by atoms with E-state index in [-0.39, 0.29) is 0 Å². The summed E-state index contributed by atoms with van der Waals surface area (Å²) in [5.74, 6) is 1.84. The molecule has 0 bridgehead atoms. The fourth-order valence-electron chi connectivity index (χ4n) is 5.51. The van der Waals surface area contributed by atoms with Crippen LogP contribution in [-0.2, 0) is 6.54 Å². The van der Waals surface area contributed by atoms with Gasteiger partial charge >= 0.3 is 0 Å². The third kappa shape index (κ3) is 5.14. The van der Waals surface area contributed by atoms with Crippen molar-refractivity contribution in [2.45, 2.75) is 6.54 Å². The highest BCUT2D eigenvalue weighted by molar-refractivity contribution is 5.85. The summed E-state index contributed by atoms with van der Waals surface area (Å²) in [4.78, 5) is 27.7. The highest BCUT2D eigenvalue weighted by Crippen LogP contribution is 2.32. The fraction of sp³-hybridized carbons (Fsp3) is 0.152. The molecule has 0 spiro atoms. The minimum atomic E-state index is 0.394. The van der Waals surface area contributed by atoms with Gasteiger partial charge in [0.25, 0.3) is 0 Å². The average molecular weight is 565 g/mol. The molecular weight excluding hydrogens is 536 g/mol. The summed E-state index contributed by atoms with van der Waals surface area (Å²) in [5, 5.41) is 9.69. The smallest absolute Gasteiger partial charge is 0.225 e. The molecule has 0 saturated carbocycles. The summed E-state index contributed by atoms with van der Waals surface area (Å²) in [7, 11) is 0. The number of nitriles is 1. The number of pyridine rings is 2. The molecule has 1 saturated heterocycles. The van der Waals surface area contributed by atoms with E-state index in [1.54, 1.807) is 24.7 Å². The standard InChI is InChI=1S/C33H28N10/c34-21-24-5-1-2-6-26(24)28-12-13-29-32(39-28)43(31(40-29)27-7-3-14-36-30(27)35)25-10-8-23(9-11-25)22-41-17-19-42(20-18-41)33-37-15-4-16-38-33/h1-16H,17-20,22H2,(H2,35,36).